The van der Waals surface area contributed by atoms with E-state index < -0.39 is 17.3 Å². The van der Waals surface area contributed by atoms with Gasteiger partial charge in [-0.25, -0.2) is 0 Å². The summed E-state index contributed by atoms with van der Waals surface area (Å²) < 4.78 is 0. The van der Waals surface area contributed by atoms with Gasteiger partial charge in [-0.3, -0.25) is 9.59 Å². The monoisotopic (exact) mass is 229 g/mol. The third-order valence-electron chi connectivity index (χ3n) is 3.37. The maximum Gasteiger partial charge on any atom is 0.318 e. The van der Waals surface area contributed by atoms with Crippen LogP contribution in [0.4, 0.5) is 0 Å². The molecule has 0 fully saturated rings. The Bertz CT molecular complexity index is 280. The van der Waals surface area contributed by atoms with E-state index in [9.17, 15) is 9.59 Å². The zero-order chi connectivity index (χ0) is 13.1. The summed E-state index contributed by atoms with van der Waals surface area (Å²) in [6, 6.07) is 0. The molecule has 0 saturated heterocycles. The predicted molar refractivity (Wildman–Crippen MR) is 63.0 cm³/mol. The Morgan fingerprint density at radius 1 is 1.19 bits per heavy atom. The van der Waals surface area contributed by atoms with Crippen molar-refractivity contribution in [2.75, 3.05) is 6.54 Å². The topological polar surface area (TPSA) is 66.4 Å². The molecule has 2 N–H and O–H groups in total. The van der Waals surface area contributed by atoms with Crippen LogP contribution in [0.2, 0.25) is 0 Å². The minimum Gasteiger partial charge on any atom is -0.480 e. The summed E-state index contributed by atoms with van der Waals surface area (Å²) in [5.74, 6) is -1.12. The third-order valence-corrected chi connectivity index (χ3v) is 3.37. The molecule has 4 nitrogen and oxygen atoms in total. The van der Waals surface area contributed by atoms with Crippen molar-refractivity contribution in [3.05, 3.63) is 0 Å². The standard InChI is InChI=1S/C12H23NO3/c1-8(2)11(3,4)7-13-9(14)12(5,6)10(15)16/h8H,7H2,1-6H3,(H,13,14)(H,15,16). The van der Waals surface area contributed by atoms with E-state index in [0.29, 0.717) is 12.5 Å². The van der Waals surface area contributed by atoms with Crippen LogP contribution in [0.5, 0.6) is 0 Å². The van der Waals surface area contributed by atoms with Crippen molar-refractivity contribution < 1.29 is 14.7 Å². The number of aliphatic carboxylic acids is 1. The second-order valence-electron chi connectivity index (χ2n) is 5.76. The average molecular weight is 229 g/mol. The smallest absolute Gasteiger partial charge is 0.318 e. The van der Waals surface area contributed by atoms with Gasteiger partial charge in [0.2, 0.25) is 5.91 Å². The van der Waals surface area contributed by atoms with Crippen molar-refractivity contribution in [3.8, 4) is 0 Å². The van der Waals surface area contributed by atoms with Crippen LogP contribution in [0.15, 0.2) is 0 Å². The number of hydrogen-bond acceptors (Lipinski definition) is 2. The summed E-state index contributed by atoms with van der Waals surface area (Å²) in [7, 11) is 0. The van der Waals surface area contributed by atoms with Gasteiger partial charge in [-0.15, -0.1) is 0 Å². The molecule has 0 aliphatic rings. The number of carbonyl (C=O) groups is 2. The fourth-order valence-electron chi connectivity index (χ4n) is 0.830. The lowest BCUT2D eigenvalue weighted by Crippen LogP contribution is -2.46. The highest BCUT2D eigenvalue weighted by Gasteiger charge is 2.36. The Morgan fingerprint density at radius 3 is 1.94 bits per heavy atom. The summed E-state index contributed by atoms with van der Waals surface area (Å²) in [6.45, 7) is 11.6. The number of amides is 1. The van der Waals surface area contributed by atoms with E-state index in [4.69, 9.17) is 5.11 Å². The van der Waals surface area contributed by atoms with Crippen LogP contribution in [0.1, 0.15) is 41.5 Å². The van der Waals surface area contributed by atoms with E-state index in [1.165, 1.54) is 13.8 Å². The summed E-state index contributed by atoms with van der Waals surface area (Å²) in [4.78, 5) is 22.5. The SMILES string of the molecule is CC(C)C(C)(C)CNC(=O)C(C)(C)C(=O)O. The normalized spacial score (nSPS) is 12.7. The first-order chi connectivity index (χ1) is 7.01. The van der Waals surface area contributed by atoms with E-state index in [2.05, 4.69) is 19.2 Å². The highest BCUT2D eigenvalue weighted by atomic mass is 16.4. The lowest BCUT2D eigenvalue weighted by atomic mass is 9.81. The number of carboxylic acids is 1. The molecule has 0 bridgehead atoms. The van der Waals surface area contributed by atoms with Crippen LogP contribution < -0.4 is 5.32 Å². The van der Waals surface area contributed by atoms with Gasteiger partial charge in [-0.1, -0.05) is 27.7 Å². The molecule has 0 saturated carbocycles. The van der Waals surface area contributed by atoms with E-state index in [1.54, 1.807) is 0 Å². The quantitative estimate of drug-likeness (QED) is 0.707. The number of carboxylic acid groups (broad SMARTS) is 1. The fourth-order valence-corrected chi connectivity index (χ4v) is 0.830. The van der Waals surface area contributed by atoms with Crippen LogP contribution in [-0.4, -0.2) is 23.5 Å². The summed E-state index contributed by atoms with van der Waals surface area (Å²) in [6.07, 6.45) is 0. The molecule has 0 heterocycles. The van der Waals surface area contributed by atoms with Gasteiger partial charge >= 0.3 is 5.97 Å². The molecule has 0 rings (SSSR count). The Hall–Kier alpha value is -1.06. The van der Waals surface area contributed by atoms with Crippen molar-refractivity contribution in [1.82, 2.24) is 5.32 Å². The van der Waals surface area contributed by atoms with E-state index >= 15 is 0 Å². The maximum atomic E-state index is 11.7. The van der Waals surface area contributed by atoms with E-state index in [-0.39, 0.29) is 5.41 Å². The molecule has 0 aliphatic carbocycles. The van der Waals surface area contributed by atoms with Crippen LogP contribution >= 0.6 is 0 Å². The van der Waals surface area contributed by atoms with Crippen LogP contribution in [-0.2, 0) is 9.59 Å². The second kappa shape index (κ2) is 4.85. The van der Waals surface area contributed by atoms with Crippen molar-refractivity contribution in [2.24, 2.45) is 16.7 Å². The first-order valence-electron chi connectivity index (χ1n) is 5.53. The average Bonchev–Trinajstić information content (AvgIpc) is 2.13. The Labute approximate surface area is 97.4 Å². The van der Waals surface area contributed by atoms with Gasteiger partial charge in [0.25, 0.3) is 0 Å². The first kappa shape index (κ1) is 14.9. The molecular formula is C12H23NO3. The third kappa shape index (κ3) is 3.51. The van der Waals surface area contributed by atoms with Gasteiger partial charge in [-0.05, 0) is 25.2 Å². The number of hydrogen-bond donors (Lipinski definition) is 2. The van der Waals surface area contributed by atoms with Crippen molar-refractivity contribution in [3.63, 3.8) is 0 Å². The molecule has 0 aromatic heterocycles. The number of rotatable bonds is 5. The number of carbonyl (C=O) groups excluding carboxylic acids is 1. The van der Waals surface area contributed by atoms with Crippen LogP contribution in [0.3, 0.4) is 0 Å². The molecule has 0 atom stereocenters. The summed E-state index contributed by atoms with van der Waals surface area (Å²) in [5, 5.41) is 11.6. The fraction of sp³-hybridized carbons (Fsp3) is 0.833. The minimum absolute atomic E-state index is 0.0375. The first-order valence-corrected chi connectivity index (χ1v) is 5.53. The number of nitrogens with one attached hydrogen (secondary N) is 1. The molecule has 0 radical (unpaired) electrons. The second-order valence-corrected chi connectivity index (χ2v) is 5.76. The van der Waals surface area contributed by atoms with Gasteiger partial charge in [0.1, 0.15) is 5.41 Å². The molecule has 1 amide bonds. The molecular weight excluding hydrogens is 206 g/mol. The molecule has 0 aromatic carbocycles. The highest BCUT2D eigenvalue weighted by Crippen LogP contribution is 2.25. The highest BCUT2D eigenvalue weighted by molar-refractivity contribution is 6.00. The van der Waals surface area contributed by atoms with E-state index in [1.807, 2.05) is 13.8 Å². The lowest BCUT2D eigenvalue weighted by molar-refractivity contribution is -0.153. The molecule has 0 aromatic rings. The van der Waals surface area contributed by atoms with Gasteiger partial charge in [0.15, 0.2) is 0 Å². The summed E-state index contributed by atoms with van der Waals surface area (Å²) >= 11 is 0. The van der Waals surface area contributed by atoms with Gasteiger partial charge < -0.3 is 10.4 Å². The van der Waals surface area contributed by atoms with Gasteiger partial charge in [0.05, 0.1) is 0 Å². The molecule has 0 unspecified atom stereocenters. The Balaban J connectivity index is 4.45. The zero-order valence-corrected chi connectivity index (χ0v) is 11.0. The maximum absolute atomic E-state index is 11.7. The van der Waals surface area contributed by atoms with Crippen LogP contribution in [0.25, 0.3) is 0 Å². The lowest BCUT2D eigenvalue weighted by Gasteiger charge is -2.30. The van der Waals surface area contributed by atoms with Crippen molar-refractivity contribution in [1.29, 1.82) is 0 Å². The Kier molecular flexibility index (Phi) is 4.53. The van der Waals surface area contributed by atoms with Crippen molar-refractivity contribution in [2.45, 2.75) is 41.5 Å². The summed E-state index contributed by atoms with van der Waals surface area (Å²) in [5.41, 5.74) is -1.41. The van der Waals surface area contributed by atoms with Gasteiger partial charge in [0, 0.05) is 6.54 Å². The van der Waals surface area contributed by atoms with E-state index in [0.717, 1.165) is 0 Å². The zero-order valence-electron chi connectivity index (χ0n) is 11.0. The minimum atomic E-state index is -1.37. The van der Waals surface area contributed by atoms with Gasteiger partial charge in [-0.2, -0.15) is 0 Å². The molecule has 16 heavy (non-hydrogen) atoms. The largest absolute Gasteiger partial charge is 0.480 e. The molecule has 0 aliphatic heterocycles. The molecule has 94 valence electrons. The van der Waals surface area contributed by atoms with Crippen molar-refractivity contribution >= 4 is 11.9 Å². The molecule has 4 heteroatoms. The van der Waals surface area contributed by atoms with Crippen LogP contribution in [0, 0.1) is 16.7 Å². The molecule has 0 spiro atoms. The Morgan fingerprint density at radius 2 is 1.62 bits per heavy atom. The predicted octanol–water partition coefficient (Wildman–Crippen LogP) is 1.90.